The zero-order valence-corrected chi connectivity index (χ0v) is 19.0. The Labute approximate surface area is 194 Å². The van der Waals surface area contributed by atoms with Crippen molar-refractivity contribution in [2.24, 2.45) is 0 Å². The van der Waals surface area contributed by atoms with Gasteiger partial charge >= 0.3 is 0 Å². The fourth-order valence-electron chi connectivity index (χ4n) is 3.42. The molecule has 2 aromatic heterocycles. The lowest BCUT2D eigenvalue weighted by atomic mass is 10.1. The van der Waals surface area contributed by atoms with Crippen molar-refractivity contribution < 1.29 is 4.79 Å². The molecule has 6 nitrogen and oxygen atoms in total. The SMILES string of the molecule is CCCc1nnc(NC(=O)/C(C#N)=C\c2cn(Cc3ccccc3Cl)c3ccccc23)s1. The quantitative estimate of drug-likeness (QED) is 0.283. The van der Waals surface area contributed by atoms with Gasteiger partial charge in [0.15, 0.2) is 0 Å². The van der Waals surface area contributed by atoms with Gasteiger partial charge in [0.25, 0.3) is 5.91 Å². The summed E-state index contributed by atoms with van der Waals surface area (Å²) in [5.41, 5.74) is 2.76. The predicted octanol–water partition coefficient (Wildman–Crippen LogP) is 5.69. The van der Waals surface area contributed by atoms with E-state index in [0.29, 0.717) is 16.7 Å². The molecule has 0 atom stereocenters. The zero-order chi connectivity index (χ0) is 22.5. The Morgan fingerprint density at radius 3 is 2.78 bits per heavy atom. The van der Waals surface area contributed by atoms with Crippen LogP contribution in [0.2, 0.25) is 5.02 Å². The molecule has 160 valence electrons. The van der Waals surface area contributed by atoms with Crippen molar-refractivity contribution >= 4 is 51.0 Å². The predicted molar refractivity (Wildman–Crippen MR) is 129 cm³/mol. The first-order chi connectivity index (χ1) is 15.6. The topological polar surface area (TPSA) is 83.6 Å². The maximum atomic E-state index is 12.7. The third kappa shape index (κ3) is 4.72. The number of hydrogen-bond donors (Lipinski definition) is 1. The van der Waals surface area contributed by atoms with E-state index in [0.717, 1.165) is 39.9 Å². The number of hydrogen-bond acceptors (Lipinski definition) is 5. The van der Waals surface area contributed by atoms with Gasteiger partial charge in [-0.25, -0.2) is 0 Å². The van der Waals surface area contributed by atoms with Gasteiger partial charge in [0.2, 0.25) is 5.13 Å². The maximum absolute atomic E-state index is 12.7. The molecule has 1 N–H and O–H groups in total. The highest BCUT2D eigenvalue weighted by Gasteiger charge is 2.15. The van der Waals surface area contributed by atoms with Crippen LogP contribution < -0.4 is 5.32 Å². The number of aryl methyl sites for hydroxylation is 1. The van der Waals surface area contributed by atoms with Gasteiger partial charge in [-0.3, -0.25) is 10.1 Å². The van der Waals surface area contributed by atoms with Gasteiger partial charge in [-0.2, -0.15) is 5.26 Å². The van der Waals surface area contributed by atoms with E-state index in [-0.39, 0.29) is 5.57 Å². The number of anilines is 1. The van der Waals surface area contributed by atoms with Crippen LogP contribution >= 0.6 is 22.9 Å². The van der Waals surface area contributed by atoms with Crippen LogP contribution in [0.4, 0.5) is 5.13 Å². The summed E-state index contributed by atoms with van der Waals surface area (Å²) in [6.07, 6.45) is 5.29. The summed E-state index contributed by atoms with van der Waals surface area (Å²) in [6.45, 7) is 2.63. The molecule has 2 heterocycles. The highest BCUT2D eigenvalue weighted by Crippen LogP contribution is 2.26. The first kappa shape index (κ1) is 21.8. The van der Waals surface area contributed by atoms with Crippen LogP contribution in [0.15, 0.2) is 60.3 Å². The summed E-state index contributed by atoms with van der Waals surface area (Å²) in [6, 6.07) is 17.6. The van der Waals surface area contributed by atoms with Crippen molar-refractivity contribution in [3.8, 4) is 6.07 Å². The van der Waals surface area contributed by atoms with Gasteiger partial charge in [-0.05, 0) is 30.2 Å². The molecular weight excluding hydrogens is 442 g/mol. The second-order valence-electron chi connectivity index (χ2n) is 7.20. The number of nitrogens with one attached hydrogen (secondary N) is 1. The molecule has 0 aliphatic heterocycles. The van der Waals surface area contributed by atoms with E-state index in [1.54, 1.807) is 6.08 Å². The summed E-state index contributed by atoms with van der Waals surface area (Å²) in [5.74, 6) is -0.505. The normalized spacial score (nSPS) is 11.5. The number of nitrogens with zero attached hydrogens (tertiary/aromatic N) is 4. The Balaban J connectivity index is 1.65. The van der Waals surface area contributed by atoms with Crippen LogP contribution in [0.5, 0.6) is 0 Å². The van der Waals surface area contributed by atoms with Gasteiger partial charge < -0.3 is 4.57 Å². The number of fused-ring (bicyclic) bond motifs is 1. The van der Waals surface area contributed by atoms with E-state index in [2.05, 4.69) is 27.0 Å². The smallest absolute Gasteiger partial charge is 0.268 e. The molecule has 0 saturated heterocycles. The Hall–Kier alpha value is -3.47. The van der Waals surface area contributed by atoms with E-state index >= 15 is 0 Å². The van der Waals surface area contributed by atoms with Crippen molar-refractivity contribution in [3.05, 3.63) is 81.5 Å². The number of carbonyl (C=O) groups is 1. The van der Waals surface area contributed by atoms with E-state index in [4.69, 9.17) is 11.6 Å². The summed E-state index contributed by atoms with van der Waals surface area (Å²) in [5, 5.41) is 23.3. The Kier molecular flexibility index (Phi) is 6.64. The molecular formula is C24H20ClN5OS. The monoisotopic (exact) mass is 461 g/mol. The number of para-hydroxylation sites is 1. The highest BCUT2D eigenvalue weighted by molar-refractivity contribution is 7.15. The molecule has 0 radical (unpaired) electrons. The van der Waals surface area contributed by atoms with Gasteiger partial charge in [0, 0.05) is 40.7 Å². The molecule has 0 bridgehead atoms. The molecule has 0 unspecified atom stereocenters. The van der Waals surface area contributed by atoms with Crippen LogP contribution in [0.25, 0.3) is 17.0 Å². The number of halogens is 1. The number of amides is 1. The van der Waals surface area contributed by atoms with Gasteiger partial charge in [-0.1, -0.05) is 66.3 Å². The van der Waals surface area contributed by atoms with Crippen LogP contribution in [0.3, 0.4) is 0 Å². The molecule has 0 saturated carbocycles. The second-order valence-corrected chi connectivity index (χ2v) is 8.67. The van der Waals surface area contributed by atoms with Crippen LogP contribution in [0, 0.1) is 11.3 Å². The zero-order valence-electron chi connectivity index (χ0n) is 17.4. The van der Waals surface area contributed by atoms with E-state index < -0.39 is 5.91 Å². The Morgan fingerprint density at radius 2 is 2.00 bits per heavy atom. The summed E-state index contributed by atoms with van der Waals surface area (Å²) < 4.78 is 2.07. The first-order valence-electron chi connectivity index (χ1n) is 10.2. The molecule has 1 amide bonds. The number of benzene rings is 2. The van der Waals surface area contributed by atoms with Crippen LogP contribution in [-0.2, 0) is 17.8 Å². The molecule has 0 fully saturated rings. The van der Waals surface area contributed by atoms with Crippen molar-refractivity contribution in [2.75, 3.05) is 5.32 Å². The average molecular weight is 462 g/mol. The molecule has 4 aromatic rings. The Bertz CT molecular complexity index is 1350. The van der Waals surface area contributed by atoms with E-state index in [9.17, 15) is 10.1 Å². The third-order valence-corrected chi connectivity index (χ3v) is 6.20. The van der Waals surface area contributed by atoms with Gasteiger partial charge in [0.1, 0.15) is 16.6 Å². The average Bonchev–Trinajstić information content (AvgIpc) is 3.38. The molecule has 0 aliphatic carbocycles. The molecule has 2 aromatic carbocycles. The molecule has 0 spiro atoms. The van der Waals surface area contributed by atoms with Crippen molar-refractivity contribution in [3.63, 3.8) is 0 Å². The second kappa shape index (κ2) is 9.77. The first-order valence-corrected chi connectivity index (χ1v) is 11.3. The highest BCUT2D eigenvalue weighted by atomic mass is 35.5. The summed E-state index contributed by atoms with van der Waals surface area (Å²) >= 11 is 7.67. The van der Waals surface area contributed by atoms with E-state index in [1.807, 2.05) is 60.8 Å². The third-order valence-electron chi connectivity index (χ3n) is 4.93. The minimum Gasteiger partial charge on any atom is -0.342 e. The number of aromatic nitrogens is 3. The molecule has 4 rings (SSSR count). The molecule has 0 aliphatic rings. The summed E-state index contributed by atoms with van der Waals surface area (Å²) in [4.78, 5) is 12.7. The standard InChI is InChI=1S/C24H20ClN5OS/c1-2-7-22-28-29-24(32-22)27-23(31)17(13-26)12-18-15-30(21-11-6-4-9-19(18)21)14-16-8-3-5-10-20(16)25/h3-6,8-12,15H,2,7,14H2,1H3,(H,27,29,31)/b17-12-. The minimum atomic E-state index is -0.505. The largest absolute Gasteiger partial charge is 0.342 e. The fourth-order valence-corrected chi connectivity index (χ4v) is 4.45. The van der Waals surface area contributed by atoms with E-state index in [1.165, 1.54) is 11.3 Å². The fraction of sp³-hybridized carbons (Fsp3) is 0.167. The lowest BCUT2D eigenvalue weighted by Gasteiger charge is -2.07. The van der Waals surface area contributed by atoms with Crippen LogP contribution in [0.1, 0.15) is 29.5 Å². The van der Waals surface area contributed by atoms with Crippen LogP contribution in [-0.4, -0.2) is 20.7 Å². The van der Waals surface area contributed by atoms with Gasteiger partial charge in [0.05, 0.1) is 0 Å². The van der Waals surface area contributed by atoms with Crippen molar-refractivity contribution in [2.45, 2.75) is 26.3 Å². The molecule has 32 heavy (non-hydrogen) atoms. The lowest BCUT2D eigenvalue weighted by Crippen LogP contribution is -2.13. The maximum Gasteiger partial charge on any atom is 0.268 e. The molecule has 8 heteroatoms. The minimum absolute atomic E-state index is 0.00196. The summed E-state index contributed by atoms with van der Waals surface area (Å²) in [7, 11) is 0. The number of carbonyl (C=O) groups excluding carboxylic acids is 1. The van der Waals surface area contributed by atoms with Crippen molar-refractivity contribution in [1.29, 1.82) is 5.26 Å². The lowest BCUT2D eigenvalue weighted by molar-refractivity contribution is -0.112. The van der Waals surface area contributed by atoms with Gasteiger partial charge in [-0.15, -0.1) is 10.2 Å². The number of nitriles is 1. The number of rotatable bonds is 7. The Morgan fingerprint density at radius 1 is 1.22 bits per heavy atom. The van der Waals surface area contributed by atoms with Crippen molar-refractivity contribution in [1.82, 2.24) is 14.8 Å².